The van der Waals surface area contributed by atoms with E-state index in [0.717, 1.165) is 18.9 Å². The second-order valence-corrected chi connectivity index (χ2v) is 3.12. The van der Waals surface area contributed by atoms with Crippen LogP contribution in [0, 0.1) is 5.92 Å². The van der Waals surface area contributed by atoms with Gasteiger partial charge in [-0.15, -0.1) is 0 Å². The van der Waals surface area contributed by atoms with E-state index in [1.165, 1.54) is 6.42 Å². The van der Waals surface area contributed by atoms with Crippen LogP contribution >= 0.6 is 0 Å². The summed E-state index contributed by atoms with van der Waals surface area (Å²) in [7, 11) is 0. The van der Waals surface area contributed by atoms with E-state index in [9.17, 15) is 4.79 Å². The van der Waals surface area contributed by atoms with E-state index in [0.29, 0.717) is 11.9 Å². The van der Waals surface area contributed by atoms with Crippen LogP contribution in [0.2, 0.25) is 0 Å². The SMILES string of the molecule is C[C@H]1CCN2C(=O)C[C@@H]12. The van der Waals surface area contributed by atoms with E-state index in [2.05, 4.69) is 6.92 Å². The van der Waals surface area contributed by atoms with Crippen molar-refractivity contribution in [1.29, 1.82) is 0 Å². The Morgan fingerprint density at radius 3 is 2.89 bits per heavy atom. The van der Waals surface area contributed by atoms with Gasteiger partial charge in [-0.1, -0.05) is 6.92 Å². The zero-order valence-corrected chi connectivity index (χ0v) is 5.63. The van der Waals surface area contributed by atoms with Gasteiger partial charge in [-0.3, -0.25) is 4.79 Å². The number of β-lactam (4-membered cyclic amide) rings is 1. The van der Waals surface area contributed by atoms with Gasteiger partial charge in [0.1, 0.15) is 0 Å². The summed E-state index contributed by atoms with van der Waals surface area (Å²) in [4.78, 5) is 12.8. The van der Waals surface area contributed by atoms with Crippen LogP contribution in [0.25, 0.3) is 0 Å². The molecule has 0 aliphatic carbocycles. The number of carbonyl (C=O) groups excluding carboxylic acids is 1. The third-order valence-corrected chi connectivity index (χ3v) is 2.59. The third kappa shape index (κ3) is 0.533. The summed E-state index contributed by atoms with van der Waals surface area (Å²) < 4.78 is 0. The monoisotopic (exact) mass is 125 g/mol. The first-order chi connectivity index (χ1) is 4.29. The summed E-state index contributed by atoms with van der Waals surface area (Å²) in [6.45, 7) is 3.25. The molecule has 1 amide bonds. The van der Waals surface area contributed by atoms with Gasteiger partial charge in [0, 0.05) is 19.0 Å². The topological polar surface area (TPSA) is 20.3 Å². The molecule has 0 aromatic carbocycles. The van der Waals surface area contributed by atoms with Gasteiger partial charge in [-0.05, 0) is 12.3 Å². The number of nitrogens with zero attached hydrogens (tertiary/aromatic N) is 1. The quantitative estimate of drug-likeness (QED) is 0.435. The van der Waals surface area contributed by atoms with Crippen molar-refractivity contribution in [2.45, 2.75) is 25.8 Å². The van der Waals surface area contributed by atoms with Crippen molar-refractivity contribution in [2.24, 2.45) is 5.92 Å². The Bertz CT molecular complexity index is 155. The fourth-order valence-electron chi connectivity index (χ4n) is 1.81. The van der Waals surface area contributed by atoms with Gasteiger partial charge in [0.25, 0.3) is 0 Å². The molecule has 2 heterocycles. The normalized spacial score (nSPS) is 40.6. The molecule has 0 aromatic heterocycles. The van der Waals surface area contributed by atoms with Gasteiger partial charge in [-0.2, -0.15) is 0 Å². The Morgan fingerprint density at radius 1 is 1.67 bits per heavy atom. The van der Waals surface area contributed by atoms with Crippen LogP contribution in [0.3, 0.4) is 0 Å². The summed E-state index contributed by atoms with van der Waals surface area (Å²) in [6.07, 6.45) is 2.04. The lowest BCUT2D eigenvalue weighted by Gasteiger charge is -2.36. The largest absolute Gasteiger partial charge is 0.339 e. The molecule has 0 bridgehead atoms. The third-order valence-electron chi connectivity index (χ3n) is 2.59. The highest BCUT2D eigenvalue weighted by atomic mass is 16.2. The van der Waals surface area contributed by atoms with Crippen molar-refractivity contribution >= 4 is 5.91 Å². The lowest BCUT2D eigenvalue weighted by Crippen LogP contribution is -2.49. The molecule has 0 N–H and O–H groups in total. The highest BCUT2D eigenvalue weighted by Gasteiger charge is 2.43. The van der Waals surface area contributed by atoms with Crippen LogP contribution in [0.5, 0.6) is 0 Å². The number of carbonyl (C=O) groups is 1. The Hall–Kier alpha value is -0.530. The molecule has 2 atom stereocenters. The van der Waals surface area contributed by atoms with Gasteiger partial charge < -0.3 is 4.90 Å². The van der Waals surface area contributed by atoms with Gasteiger partial charge in [-0.25, -0.2) is 0 Å². The molecular formula is C7H11NO. The van der Waals surface area contributed by atoms with Crippen molar-refractivity contribution < 1.29 is 4.79 Å². The van der Waals surface area contributed by atoms with Gasteiger partial charge in [0.15, 0.2) is 0 Å². The molecule has 2 rings (SSSR count). The van der Waals surface area contributed by atoms with Crippen LogP contribution in [0.1, 0.15) is 19.8 Å². The van der Waals surface area contributed by atoms with Crippen LogP contribution < -0.4 is 0 Å². The fourth-order valence-corrected chi connectivity index (χ4v) is 1.81. The average molecular weight is 125 g/mol. The minimum absolute atomic E-state index is 0.365. The molecule has 2 fully saturated rings. The first-order valence-electron chi connectivity index (χ1n) is 3.58. The molecule has 50 valence electrons. The summed E-state index contributed by atoms with van der Waals surface area (Å²) >= 11 is 0. The molecule has 2 heteroatoms. The summed E-state index contributed by atoms with van der Waals surface area (Å²) in [5, 5.41) is 0. The second kappa shape index (κ2) is 1.49. The summed E-state index contributed by atoms with van der Waals surface area (Å²) in [5.74, 6) is 1.13. The lowest BCUT2D eigenvalue weighted by atomic mass is 9.95. The van der Waals surface area contributed by atoms with Gasteiger partial charge in [0.2, 0.25) is 5.91 Å². The Kier molecular flexibility index (Phi) is 0.875. The van der Waals surface area contributed by atoms with Crippen molar-refractivity contribution in [1.82, 2.24) is 4.90 Å². The first kappa shape index (κ1) is 5.27. The van der Waals surface area contributed by atoms with Crippen LogP contribution in [0.15, 0.2) is 0 Å². The molecule has 0 aromatic rings. The molecule has 2 aliphatic heterocycles. The Labute approximate surface area is 54.8 Å². The van der Waals surface area contributed by atoms with Gasteiger partial charge in [0.05, 0.1) is 0 Å². The van der Waals surface area contributed by atoms with Crippen LogP contribution in [0.4, 0.5) is 0 Å². The average Bonchev–Trinajstić information content (AvgIpc) is 2.07. The smallest absolute Gasteiger partial charge is 0.224 e. The molecule has 2 saturated heterocycles. The molecule has 0 saturated carbocycles. The molecular weight excluding hydrogens is 114 g/mol. The number of hydrogen-bond donors (Lipinski definition) is 0. The minimum atomic E-state index is 0.365. The fraction of sp³-hybridized carbons (Fsp3) is 0.857. The Balaban J connectivity index is 2.11. The maximum Gasteiger partial charge on any atom is 0.224 e. The van der Waals surface area contributed by atoms with E-state index in [1.807, 2.05) is 4.90 Å². The van der Waals surface area contributed by atoms with E-state index < -0.39 is 0 Å². The maximum atomic E-state index is 10.8. The molecule has 2 aliphatic rings. The first-order valence-corrected chi connectivity index (χ1v) is 3.58. The number of fused-ring (bicyclic) bond motifs is 1. The Morgan fingerprint density at radius 2 is 2.44 bits per heavy atom. The summed E-state index contributed by atoms with van der Waals surface area (Å²) in [5.41, 5.74) is 0. The lowest BCUT2D eigenvalue weighted by molar-refractivity contribution is -0.143. The van der Waals surface area contributed by atoms with E-state index >= 15 is 0 Å². The van der Waals surface area contributed by atoms with E-state index in [-0.39, 0.29) is 0 Å². The van der Waals surface area contributed by atoms with Crippen LogP contribution in [-0.2, 0) is 4.79 Å². The van der Waals surface area contributed by atoms with E-state index in [4.69, 9.17) is 0 Å². The second-order valence-electron chi connectivity index (χ2n) is 3.12. The number of amides is 1. The highest BCUT2D eigenvalue weighted by molar-refractivity contribution is 5.83. The number of rotatable bonds is 0. The highest BCUT2D eigenvalue weighted by Crippen LogP contribution is 2.34. The standard InChI is InChI=1S/C7H11NO/c1-5-2-3-8-6(5)4-7(8)9/h5-6H,2-4H2,1H3/t5-,6-/m0/s1. The zero-order valence-electron chi connectivity index (χ0n) is 5.63. The molecule has 0 radical (unpaired) electrons. The van der Waals surface area contributed by atoms with Gasteiger partial charge >= 0.3 is 0 Å². The minimum Gasteiger partial charge on any atom is -0.339 e. The van der Waals surface area contributed by atoms with Crippen molar-refractivity contribution in [3.05, 3.63) is 0 Å². The maximum absolute atomic E-state index is 10.8. The van der Waals surface area contributed by atoms with Crippen LogP contribution in [-0.4, -0.2) is 23.4 Å². The molecule has 0 unspecified atom stereocenters. The predicted molar refractivity (Wildman–Crippen MR) is 33.9 cm³/mol. The van der Waals surface area contributed by atoms with E-state index in [1.54, 1.807) is 0 Å². The zero-order chi connectivity index (χ0) is 6.43. The van der Waals surface area contributed by atoms with Crippen molar-refractivity contribution in [3.8, 4) is 0 Å². The van der Waals surface area contributed by atoms with Crippen molar-refractivity contribution in [2.75, 3.05) is 6.54 Å². The molecule has 9 heavy (non-hydrogen) atoms. The molecule has 0 spiro atoms. The number of hydrogen-bond acceptors (Lipinski definition) is 1. The predicted octanol–water partition coefficient (Wildman–Crippen LogP) is 0.627. The summed E-state index contributed by atoms with van der Waals surface area (Å²) in [6, 6.07) is 0.623. The van der Waals surface area contributed by atoms with Crippen molar-refractivity contribution in [3.63, 3.8) is 0 Å². The molecule has 2 nitrogen and oxygen atoms in total.